The van der Waals surface area contributed by atoms with E-state index in [1.54, 1.807) is 13.0 Å². The number of hydrogen-bond acceptors (Lipinski definition) is 4. The Hall–Kier alpha value is -1.39. The molecule has 1 N–H and O–H groups in total. The topological polar surface area (TPSA) is 49.8 Å². The summed E-state index contributed by atoms with van der Waals surface area (Å²) in [4.78, 5) is 13.6. The number of Topliss-reactive ketones (excluding diaryl/α,β-unsaturated/α-hetero) is 1. The Labute approximate surface area is 126 Å². The molecule has 0 amide bonds. The molecule has 116 valence electrons. The van der Waals surface area contributed by atoms with Gasteiger partial charge in [0.25, 0.3) is 0 Å². The Kier molecular flexibility index (Phi) is 5.37. The average Bonchev–Trinajstić information content (AvgIpc) is 2.85. The van der Waals surface area contributed by atoms with Crippen LogP contribution in [-0.4, -0.2) is 48.1 Å². The molecule has 0 radical (unpaired) electrons. The fourth-order valence-corrected chi connectivity index (χ4v) is 2.97. The van der Waals surface area contributed by atoms with Crippen molar-refractivity contribution in [2.24, 2.45) is 0 Å². The highest BCUT2D eigenvalue weighted by Crippen LogP contribution is 2.29. The molecular formula is C17H25NO3. The molecule has 4 nitrogen and oxygen atoms in total. The molecule has 4 heteroatoms. The van der Waals surface area contributed by atoms with Gasteiger partial charge >= 0.3 is 0 Å². The third-order valence-electron chi connectivity index (χ3n) is 4.10. The first kappa shape index (κ1) is 16.0. The van der Waals surface area contributed by atoms with Crippen molar-refractivity contribution in [3.8, 4) is 5.75 Å². The lowest BCUT2D eigenvalue weighted by Crippen LogP contribution is -2.40. The standard InChI is InChI=1S/C17H25NO3/c1-14(19)15-7-3-4-8-16(15)21-12-11-18(2)13-17(20)9-5-6-10-17/h3-4,7-8,20H,5-6,9-13H2,1-2H3. The fourth-order valence-electron chi connectivity index (χ4n) is 2.97. The van der Waals surface area contributed by atoms with E-state index in [4.69, 9.17) is 4.74 Å². The van der Waals surface area contributed by atoms with Crippen molar-refractivity contribution in [2.75, 3.05) is 26.7 Å². The van der Waals surface area contributed by atoms with Crippen molar-refractivity contribution in [1.82, 2.24) is 4.90 Å². The molecule has 1 fully saturated rings. The monoisotopic (exact) mass is 291 g/mol. The molecule has 0 aliphatic heterocycles. The molecule has 0 bridgehead atoms. The third-order valence-corrected chi connectivity index (χ3v) is 4.10. The van der Waals surface area contributed by atoms with Crippen LogP contribution in [0.3, 0.4) is 0 Å². The molecule has 2 rings (SSSR count). The lowest BCUT2D eigenvalue weighted by atomic mass is 10.0. The van der Waals surface area contributed by atoms with E-state index in [1.165, 1.54) is 0 Å². The molecule has 0 aromatic heterocycles. The SMILES string of the molecule is CC(=O)c1ccccc1OCCN(C)CC1(O)CCCC1. The predicted octanol–water partition coefficient (Wildman–Crippen LogP) is 2.50. The summed E-state index contributed by atoms with van der Waals surface area (Å²) >= 11 is 0. The van der Waals surface area contributed by atoms with E-state index in [9.17, 15) is 9.90 Å². The van der Waals surface area contributed by atoms with Crippen LogP contribution in [0.2, 0.25) is 0 Å². The van der Waals surface area contributed by atoms with Crippen LogP contribution in [0, 0.1) is 0 Å². The highest BCUT2D eigenvalue weighted by Gasteiger charge is 2.31. The van der Waals surface area contributed by atoms with Crippen molar-refractivity contribution in [3.05, 3.63) is 29.8 Å². The van der Waals surface area contributed by atoms with Gasteiger partial charge in [0.05, 0.1) is 11.2 Å². The second kappa shape index (κ2) is 7.05. The molecule has 1 saturated carbocycles. The highest BCUT2D eigenvalue weighted by atomic mass is 16.5. The highest BCUT2D eigenvalue weighted by molar-refractivity contribution is 5.96. The molecular weight excluding hydrogens is 266 g/mol. The number of ketones is 1. The maximum absolute atomic E-state index is 11.5. The Morgan fingerprint density at radius 2 is 2.00 bits per heavy atom. The lowest BCUT2D eigenvalue weighted by Gasteiger charge is -2.28. The Morgan fingerprint density at radius 1 is 1.33 bits per heavy atom. The molecule has 1 aliphatic carbocycles. The van der Waals surface area contributed by atoms with Gasteiger partial charge in [-0.1, -0.05) is 25.0 Å². The average molecular weight is 291 g/mol. The van der Waals surface area contributed by atoms with Crippen molar-refractivity contribution in [2.45, 2.75) is 38.2 Å². The summed E-state index contributed by atoms with van der Waals surface area (Å²) in [5.74, 6) is 0.650. The normalized spacial score (nSPS) is 17.1. The predicted molar refractivity (Wildman–Crippen MR) is 82.9 cm³/mol. The van der Waals surface area contributed by atoms with Gasteiger partial charge in [-0.3, -0.25) is 4.79 Å². The maximum Gasteiger partial charge on any atom is 0.163 e. The Balaban J connectivity index is 1.80. The van der Waals surface area contributed by atoms with Gasteiger partial charge in [0.1, 0.15) is 12.4 Å². The van der Waals surface area contributed by atoms with Gasteiger partial charge in [-0.15, -0.1) is 0 Å². The summed E-state index contributed by atoms with van der Waals surface area (Å²) < 4.78 is 5.72. The van der Waals surface area contributed by atoms with E-state index in [1.807, 2.05) is 25.2 Å². The quantitative estimate of drug-likeness (QED) is 0.784. The van der Waals surface area contributed by atoms with E-state index in [0.717, 1.165) is 32.2 Å². The number of carbonyl (C=O) groups is 1. The van der Waals surface area contributed by atoms with Crippen molar-refractivity contribution < 1.29 is 14.6 Å². The summed E-state index contributed by atoms with van der Waals surface area (Å²) in [6.45, 7) is 3.47. The summed E-state index contributed by atoms with van der Waals surface area (Å²) in [7, 11) is 2.00. The summed E-state index contributed by atoms with van der Waals surface area (Å²) in [6.07, 6.45) is 4.02. The second-order valence-electron chi connectivity index (χ2n) is 6.07. The molecule has 21 heavy (non-hydrogen) atoms. The Bertz CT molecular complexity index is 481. The second-order valence-corrected chi connectivity index (χ2v) is 6.07. The number of nitrogens with zero attached hydrogens (tertiary/aromatic N) is 1. The van der Waals surface area contributed by atoms with E-state index >= 15 is 0 Å². The first-order valence-corrected chi connectivity index (χ1v) is 7.64. The molecule has 1 aromatic rings. The van der Waals surface area contributed by atoms with Crippen LogP contribution in [0.5, 0.6) is 5.75 Å². The van der Waals surface area contributed by atoms with Crippen LogP contribution in [0.1, 0.15) is 43.0 Å². The zero-order valence-corrected chi connectivity index (χ0v) is 13.0. The number of hydrogen-bond donors (Lipinski definition) is 1. The van der Waals surface area contributed by atoms with Gasteiger partial charge in [-0.05, 0) is 38.9 Å². The number of carbonyl (C=O) groups excluding carboxylic acids is 1. The molecule has 1 aliphatic rings. The van der Waals surface area contributed by atoms with E-state index < -0.39 is 5.60 Å². The van der Waals surface area contributed by atoms with Gasteiger partial charge in [0.2, 0.25) is 0 Å². The van der Waals surface area contributed by atoms with Crippen LogP contribution >= 0.6 is 0 Å². The number of benzene rings is 1. The van der Waals surface area contributed by atoms with E-state index in [2.05, 4.69) is 4.90 Å². The minimum atomic E-state index is -0.522. The van der Waals surface area contributed by atoms with Gasteiger partial charge in [-0.25, -0.2) is 0 Å². The molecule has 0 saturated heterocycles. The first-order chi connectivity index (χ1) is 10.0. The zero-order valence-electron chi connectivity index (χ0n) is 13.0. The van der Waals surface area contributed by atoms with Gasteiger partial charge in [0, 0.05) is 13.1 Å². The lowest BCUT2D eigenvalue weighted by molar-refractivity contribution is 0.0139. The smallest absolute Gasteiger partial charge is 0.163 e. The van der Waals surface area contributed by atoms with Crippen LogP contribution in [0.25, 0.3) is 0 Å². The zero-order chi connectivity index (χ0) is 15.3. The first-order valence-electron chi connectivity index (χ1n) is 7.64. The summed E-state index contributed by atoms with van der Waals surface area (Å²) in [6, 6.07) is 7.31. The molecule has 0 heterocycles. The molecule has 0 unspecified atom stereocenters. The number of likely N-dealkylation sites (N-methyl/N-ethyl adjacent to an activating group) is 1. The molecule has 1 aromatic carbocycles. The third kappa shape index (κ3) is 4.55. The summed E-state index contributed by atoms with van der Waals surface area (Å²) in [5.41, 5.74) is 0.0982. The van der Waals surface area contributed by atoms with Gasteiger partial charge in [0.15, 0.2) is 5.78 Å². The minimum Gasteiger partial charge on any atom is -0.491 e. The van der Waals surface area contributed by atoms with Crippen molar-refractivity contribution >= 4 is 5.78 Å². The van der Waals surface area contributed by atoms with E-state index in [-0.39, 0.29) is 5.78 Å². The van der Waals surface area contributed by atoms with Crippen LogP contribution in [0.4, 0.5) is 0 Å². The minimum absolute atomic E-state index is 0.0132. The number of rotatable bonds is 7. The van der Waals surface area contributed by atoms with Crippen LogP contribution in [0.15, 0.2) is 24.3 Å². The fraction of sp³-hybridized carbons (Fsp3) is 0.588. The van der Waals surface area contributed by atoms with E-state index in [0.29, 0.717) is 24.5 Å². The van der Waals surface area contributed by atoms with Crippen molar-refractivity contribution in [1.29, 1.82) is 0 Å². The van der Waals surface area contributed by atoms with Crippen LogP contribution < -0.4 is 4.74 Å². The Morgan fingerprint density at radius 3 is 2.67 bits per heavy atom. The number of para-hydroxylation sites is 1. The molecule has 0 atom stereocenters. The number of aliphatic hydroxyl groups is 1. The molecule has 0 spiro atoms. The van der Waals surface area contributed by atoms with Crippen molar-refractivity contribution in [3.63, 3.8) is 0 Å². The van der Waals surface area contributed by atoms with Gasteiger partial charge in [-0.2, -0.15) is 0 Å². The number of ether oxygens (including phenoxy) is 1. The van der Waals surface area contributed by atoms with Crippen LogP contribution in [-0.2, 0) is 0 Å². The largest absolute Gasteiger partial charge is 0.491 e. The maximum atomic E-state index is 11.5. The van der Waals surface area contributed by atoms with Gasteiger partial charge < -0.3 is 14.7 Å². The summed E-state index contributed by atoms with van der Waals surface area (Å²) in [5, 5.41) is 10.4.